The Morgan fingerprint density at radius 1 is 1.25 bits per heavy atom. The molecule has 2 aromatic rings. The number of hydrogen-bond acceptors (Lipinski definition) is 4. The van der Waals surface area contributed by atoms with Gasteiger partial charge in [0.15, 0.2) is 5.82 Å². The highest BCUT2D eigenvalue weighted by atomic mass is 15.3. The minimum absolute atomic E-state index is 0.685. The molecule has 0 spiro atoms. The molecule has 0 fully saturated rings. The molecule has 0 N–H and O–H groups in total. The Hall–Kier alpha value is -1.91. The van der Waals surface area contributed by atoms with Gasteiger partial charge in [-0.05, 0) is 19.9 Å². The minimum Gasteiger partial charge on any atom is -0.347 e. The first-order valence-electron chi connectivity index (χ1n) is 5.12. The molecule has 2 rings (SSSR count). The first kappa shape index (κ1) is 10.6. The number of rotatable bonds is 2. The van der Waals surface area contributed by atoms with E-state index in [9.17, 15) is 0 Å². The van der Waals surface area contributed by atoms with E-state index in [-0.39, 0.29) is 0 Å². The van der Waals surface area contributed by atoms with Gasteiger partial charge in [-0.25, -0.2) is 9.67 Å². The molecule has 0 bridgehead atoms. The van der Waals surface area contributed by atoms with E-state index in [1.807, 2.05) is 49.7 Å². The molecule has 5 nitrogen and oxygen atoms in total. The van der Waals surface area contributed by atoms with E-state index in [1.54, 1.807) is 6.20 Å². The van der Waals surface area contributed by atoms with E-state index < -0.39 is 0 Å². The summed E-state index contributed by atoms with van der Waals surface area (Å²) < 4.78 is 1.82. The summed E-state index contributed by atoms with van der Waals surface area (Å²) in [6.45, 7) is 3.98. The van der Waals surface area contributed by atoms with Crippen molar-refractivity contribution >= 4 is 5.95 Å². The molecule has 2 aromatic heterocycles. The fraction of sp³-hybridized carbons (Fsp3) is 0.364. The van der Waals surface area contributed by atoms with E-state index >= 15 is 0 Å². The normalized spacial score (nSPS) is 10.5. The Labute approximate surface area is 94.8 Å². The highest BCUT2D eigenvalue weighted by molar-refractivity contribution is 5.34. The van der Waals surface area contributed by atoms with E-state index in [4.69, 9.17) is 0 Å². The SMILES string of the molecule is Cc1cc(C)n(-c2ccnc(N(C)C)n2)n1. The Balaban J connectivity index is 2.48. The fourth-order valence-electron chi connectivity index (χ4n) is 1.53. The van der Waals surface area contributed by atoms with Gasteiger partial charge >= 0.3 is 0 Å². The van der Waals surface area contributed by atoms with Crippen molar-refractivity contribution in [2.75, 3.05) is 19.0 Å². The Kier molecular flexibility index (Phi) is 2.60. The van der Waals surface area contributed by atoms with Crippen LogP contribution in [0.25, 0.3) is 5.82 Å². The molecular formula is C11H15N5. The van der Waals surface area contributed by atoms with Crippen molar-refractivity contribution in [3.8, 4) is 5.82 Å². The van der Waals surface area contributed by atoms with Gasteiger partial charge < -0.3 is 4.90 Å². The van der Waals surface area contributed by atoms with Crippen molar-refractivity contribution in [1.82, 2.24) is 19.7 Å². The van der Waals surface area contributed by atoms with E-state index in [0.29, 0.717) is 5.95 Å². The summed E-state index contributed by atoms with van der Waals surface area (Å²) in [4.78, 5) is 10.5. The van der Waals surface area contributed by atoms with Gasteiger partial charge in [-0.2, -0.15) is 10.1 Å². The van der Waals surface area contributed by atoms with Gasteiger partial charge in [0.2, 0.25) is 5.95 Å². The molecule has 0 amide bonds. The van der Waals surface area contributed by atoms with Gasteiger partial charge in [0.1, 0.15) is 0 Å². The summed E-state index contributed by atoms with van der Waals surface area (Å²) in [6.07, 6.45) is 1.74. The molecule has 0 radical (unpaired) electrons. The molecule has 0 aromatic carbocycles. The zero-order valence-electron chi connectivity index (χ0n) is 9.97. The quantitative estimate of drug-likeness (QED) is 0.761. The second-order valence-electron chi connectivity index (χ2n) is 3.95. The monoisotopic (exact) mass is 217 g/mol. The number of aryl methyl sites for hydroxylation is 2. The lowest BCUT2D eigenvalue weighted by Gasteiger charge is -2.11. The predicted octanol–water partition coefficient (Wildman–Crippen LogP) is 1.35. The van der Waals surface area contributed by atoms with E-state index in [0.717, 1.165) is 17.2 Å². The highest BCUT2D eigenvalue weighted by Crippen LogP contribution is 2.11. The molecule has 0 atom stereocenters. The number of aromatic nitrogens is 4. The van der Waals surface area contributed by atoms with E-state index in [1.165, 1.54) is 0 Å². The molecule has 0 aliphatic heterocycles. The second kappa shape index (κ2) is 3.92. The standard InChI is InChI=1S/C11H15N5/c1-8-7-9(2)16(14-8)10-5-6-12-11(13-10)15(3)4/h5-7H,1-4H3. The van der Waals surface area contributed by atoms with Crippen molar-refractivity contribution in [2.45, 2.75) is 13.8 Å². The summed E-state index contributed by atoms with van der Waals surface area (Å²) in [6, 6.07) is 3.88. The topological polar surface area (TPSA) is 46.8 Å². The van der Waals surface area contributed by atoms with Crippen molar-refractivity contribution in [3.63, 3.8) is 0 Å². The third-order valence-corrected chi connectivity index (χ3v) is 2.25. The lowest BCUT2D eigenvalue weighted by molar-refractivity contribution is 0.796. The Morgan fingerprint density at radius 2 is 2.00 bits per heavy atom. The van der Waals surface area contributed by atoms with Crippen LogP contribution in [0.1, 0.15) is 11.4 Å². The molecular weight excluding hydrogens is 202 g/mol. The number of anilines is 1. The Morgan fingerprint density at radius 3 is 2.56 bits per heavy atom. The van der Waals surface area contributed by atoms with Crippen LogP contribution >= 0.6 is 0 Å². The van der Waals surface area contributed by atoms with Crippen LogP contribution in [0.5, 0.6) is 0 Å². The van der Waals surface area contributed by atoms with Crippen molar-refractivity contribution in [3.05, 3.63) is 29.7 Å². The molecule has 0 aliphatic rings. The number of nitrogens with zero attached hydrogens (tertiary/aromatic N) is 5. The van der Waals surface area contributed by atoms with Crippen LogP contribution in [0.15, 0.2) is 18.3 Å². The third-order valence-electron chi connectivity index (χ3n) is 2.25. The molecule has 16 heavy (non-hydrogen) atoms. The van der Waals surface area contributed by atoms with Gasteiger partial charge in [0.25, 0.3) is 0 Å². The van der Waals surface area contributed by atoms with Crippen molar-refractivity contribution < 1.29 is 0 Å². The lowest BCUT2D eigenvalue weighted by Crippen LogP contribution is -2.14. The first-order valence-corrected chi connectivity index (χ1v) is 5.12. The zero-order chi connectivity index (χ0) is 11.7. The maximum Gasteiger partial charge on any atom is 0.226 e. The van der Waals surface area contributed by atoms with Crippen LogP contribution in [0.4, 0.5) is 5.95 Å². The summed E-state index contributed by atoms with van der Waals surface area (Å²) in [5.74, 6) is 1.48. The predicted molar refractivity (Wildman–Crippen MR) is 63.0 cm³/mol. The molecule has 84 valence electrons. The van der Waals surface area contributed by atoms with Crippen LogP contribution in [-0.2, 0) is 0 Å². The van der Waals surface area contributed by atoms with Crippen LogP contribution < -0.4 is 4.90 Å². The lowest BCUT2D eigenvalue weighted by atomic mass is 10.4. The molecule has 0 saturated heterocycles. The minimum atomic E-state index is 0.685. The maximum absolute atomic E-state index is 4.43. The molecule has 0 aliphatic carbocycles. The van der Waals surface area contributed by atoms with Crippen LogP contribution in [0.2, 0.25) is 0 Å². The average Bonchev–Trinajstić information content (AvgIpc) is 2.58. The highest BCUT2D eigenvalue weighted by Gasteiger charge is 2.06. The summed E-state index contributed by atoms with van der Waals surface area (Å²) in [5.41, 5.74) is 2.06. The summed E-state index contributed by atoms with van der Waals surface area (Å²) in [7, 11) is 3.83. The van der Waals surface area contributed by atoms with Gasteiger partial charge in [-0.15, -0.1) is 0 Å². The fourth-order valence-corrected chi connectivity index (χ4v) is 1.53. The summed E-state index contributed by atoms with van der Waals surface area (Å²) >= 11 is 0. The Bertz CT molecular complexity index is 501. The molecule has 0 saturated carbocycles. The van der Waals surface area contributed by atoms with Crippen LogP contribution in [0.3, 0.4) is 0 Å². The van der Waals surface area contributed by atoms with Crippen molar-refractivity contribution in [2.24, 2.45) is 0 Å². The largest absolute Gasteiger partial charge is 0.347 e. The second-order valence-corrected chi connectivity index (χ2v) is 3.95. The van der Waals surface area contributed by atoms with Gasteiger partial charge in [-0.3, -0.25) is 0 Å². The molecule has 5 heteroatoms. The van der Waals surface area contributed by atoms with Gasteiger partial charge in [0, 0.05) is 32.1 Å². The average molecular weight is 217 g/mol. The molecule has 2 heterocycles. The number of hydrogen-bond donors (Lipinski definition) is 0. The van der Waals surface area contributed by atoms with E-state index in [2.05, 4.69) is 15.1 Å². The maximum atomic E-state index is 4.43. The molecule has 0 unspecified atom stereocenters. The van der Waals surface area contributed by atoms with Gasteiger partial charge in [-0.1, -0.05) is 0 Å². The van der Waals surface area contributed by atoms with Crippen molar-refractivity contribution in [1.29, 1.82) is 0 Å². The summed E-state index contributed by atoms with van der Waals surface area (Å²) in [5, 5.41) is 4.39. The smallest absolute Gasteiger partial charge is 0.226 e. The van der Waals surface area contributed by atoms with Crippen LogP contribution in [-0.4, -0.2) is 33.8 Å². The first-order chi connectivity index (χ1) is 7.58. The van der Waals surface area contributed by atoms with Gasteiger partial charge in [0.05, 0.1) is 5.69 Å². The third kappa shape index (κ3) is 1.88. The zero-order valence-corrected chi connectivity index (χ0v) is 9.97. The van der Waals surface area contributed by atoms with Crippen LogP contribution in [0, 0.1) is 13.8 Å².